The molecule has 2 fully saturated rings. The lowest BCUT2D eigenvalue weighted by atomic mass is 9.82. The number of likely N-dealkylation sites (tertiary alicyclic amines) is 1. The third-order valence-electron chi connectivity index (χ3n) is 4.75. The molecule has 2 atom stereocenters. The average Bonchev–Trinajstić information content (AvgIpc) is 2.29. The molecule has 2 rings (SSSR count). The lowest BCUT2D eigenvalue weighted by molar-refractivity contribution is 0.0804. The first kappa shape index (κ1) is 13.4. The molecule has 0 bridgehead atoms. The van der Waals surface area contributed by atoms with E-state index in [0.29, 0.717) is 6.04 Å². The predicted octanol–water partition coefficient (Wildman–Crippen LogP) is 3.01. The van der Waals surface area contributed by atoms with Gasteiger partial charge in [0.2, 0.25) is 0 Å². The van der Waals surface area contributed by atoms with Crippen molar-refractivity contribution in [2.24, 2.45) is 17.6 Å². The van der Waals surface area contributed by atoms with Crippen molar-refractivity contribution in [3.05, 3.63) is 0 Å². The Morgan fingerprint density at radius 1 is 1.12 bits per heavy atom. The topological polar surface area (TPSA) is 29.3 Å². The van der Waals surface area contributed by atoms with Crippen LogP contribution >= 0.6 is 0 Å². The summed E-state index contributed by atoms with van der Waals surface area (Å²) in [6.45, 7) is 7.11. The van der Waals surface area contributed by atoms with Gasteiger partial charge in [-0.15, -0.1) is 0 Å². The van der Waals surface area contributed by atoms with Crippen molar-refractivity contribution >= 4 is 0 Å². The summed E-state index contributed by atoms with van der Waals surface area (Å²) in [6.07, 6.45) is 9.79. The molecule has 1 saturated carbocycles. The first-order chi connectivity index (χ1) is 8.19. The van der Waals surface area contributed by atoms with Crippen LogP contribution in [0.15, 0.2) is 0 Å². The van der Waals surface area contributed by atoms with Crippen molar-refractivity contribution in [2.45, 2.75) is 70.9 Å². The van der Waals surface area contributed by atoms with Gasteiger partial charge in [-0.1, -0.05) is 26.7 Å². The molecule has 0 radical (unpaired) electrons. The Kier molecular flexibility index (Phi) is 4.87. The highest BCUT2D eigenvalue weighted by atomic mass is 15.2. The minimum Gasteiger partial charge on any atom is -0.327 e. The van der Waals surface area contributed by atoms with E-state index in [0.717, 1.165) is 24.4 Å². The molecule has 2 N–H and O–H groups in total. The monoisotopic (exact) mass is 238 g/mol. The fourth-order valence-electron chi connectivity index (χ4n) is 3.95. The molecule has 2 unspecified atom stereocenters. The first-order valence-corrected chi connectivity index (χ1v) is 7.68. The summed E-state index contributed by atoms with van der Waals surface area (Å²) < 4.78 is 0. The van der Waals surface area contributed by atoms with Gasteiger partial charge >= 0.3 is 0 Å². The normalized spacial score (nSPS) is 40.4. The van der Waals surface area contributed by atoms with E-state index in [1.54, 1.807) is 0 Å². The molecule has 100 valence electrons. The van der Waals surface area contributed by atoms with Gasteiger partial charge < -0.3 is 5.73 Å². The van der Waals surface area contributed by atoms with Crippen LogP contribution in [0.5, 0.6) is 0 Å². The van der Waals surface area contributed by atoms with Crippen molar-refractivity contribution in [3.63, 3.8) is 0 Å². The molecule has 2 aliphatic rings. The predicted molar refractivity (Wildman–Crippen MR) is 74.0 cm³/mol. The second-order valence-corrected chi connectivity index (χ2v) is 6.52. The van der Waals surface area contributed by atoms with Crippen LogP contribution in [0.25, 0.3) is 0 Å². The maximum absolute atomic E-state index is 6.16. The number of nitrogens with zero attached hydrogens (tertiary/aromatic N) is 1. The van der Waals surface area contributed by atoms with Gasteiger partial charge in [-0.3, -0.25) is 4.90 Å². The minimum atomic E-state index is 0.423. The SMILES string of the molecule is CCCC1CCC(N2CC(C)CC(N)C2)CC1. The summed E-state index contributed by atoms with van der Waals surface area (Å²) in [5, 5.41) is 0. The third-order valence-corrected chi connectivity index (χ3v) is 4.75. The molecule has 1 aliphatic carbocycles. The lowest BCUT2D eigenvalue weighted by Crippen LogP contribution is -2.51. The van der Waals surface area contributed by atoms with Gasteiger partial charge in [-0.05, 0) is 43.9 Å². The van der Waals surface area contributed by atoms with Crippen LogP contribution in [0.3, 0.4) is 0 Å². The molecule has 1 aliphatic heterocycles. The summed E-state index contributed by atoms with van der Waals surface area (Å²) in [5.74, 6) is 1.82. The summed E-state index contributed by atoms with van der Waals surface area (Å²) in [5.41, 5.74) is 6.16. The number of hydrogen-bond donors (Lipinski definition) is 1. The maximum Gasteiger partial charge on any atom is 0.0170 e. The van der Waals surface area contributed by atoms with Crippen molar-refractivity contribution in [2.75, 3.05) is 13.1 Å². The molecule has 0 aromatic heterocycles. The van der Waals surface area contributed by atoms with E-state index in [4.69, 9.17) is 5.73 Å². The summed E-state index contributed by atoms with van der Waals surface area (Å²) in [6, 6.07) is 1.27. The van der Waals surface area contributed by atoms with E-state index in [1.807, 2.05) is 0 Å². The molecular weight excluding hydrogens is 208 g/mol. The molecule has 2 heteroatoms. The van der Waals surface area contributed by atoms with Crippen LogP contribution in [0, 0.1) is 11.8 Å². The van der Waals surface area contributed by atoms with Crippen LogP contribution in [-0.2, 0) is 0 Å². The smallest absolute Gasteiger partial charge is 0.0170 e. The van der Waals surface area contributed by atoms with Gasteiger partial charge in [0.05, 0.1) is 0 Å². The van der Waals surface area contributed by atoms with E-state index < -0.39 is 0 Å². The Hall–Kier alpha value is -0.0800. The van der Waals surface area contributed by atoms with Crippen molar-refractivity contribution < 1.29 is 0 Å². The highest BCUT2D eigenvalue weighted by molar-refractivity contribution is 4.86. The lowest BCUT2D eigenvalue weighted by Gasteiger charge is -2.42. The summed E-state index contributed by atoms with van der Waals surface area (Å²) in [7, 11) is 0. The van der Waals surface area contributed by atoms with Gasteiger partial charge in [-0.25, -0.2) is 0 Å². The molecule has 1 saturated heterocycles. The highest BCUT2D eigenvalue weighted by Gasteiger charge is 2.30. The van der Waals surface area contributed by atoms with E-state index >= 15 is 0 Å². The van der Waals surface area contributed by atoms with Crippen molar-refractivity contribution in [3.8, 4) is 0 Å². The van der Waals surface area contributed by atoms with E-state index in [1.165, 1.54) is 51.5 Å². The van der Waals surface area contributed by atoms with Gasteiger partial charge in [0.25, 0.3) is 0 Å². The van der Waals surface area contributed by atoms with Gasteiger partial charge in [-0.2, -0.15) is 0 Å². The van der Waals surface area contributed by atoms with Crippen LogP contribution in [-0.4, -0.2) is 30.1 Å². The van der Waals surface area contributed by atoms with Crippen LogP contribution in [0.4, 0.5) is 0 Å². The zero-order valence-electron chi connectivity index (χ0n) is 11.7. The van der Waals surface area contributed by atoms with Gasteiger partial charge in [0.1, 0.15) is 0 Å². The van der Waals surface area contributed by atoms with Crippen molar-refractivity contribution in [1.82, 2.24) is 4.90 Å². The Bertz CT molecular complexity index is 211. The summed E-state index contributed by atoms with van der Waals surface area (Å²) in [4.78, 5) is 2.70. The zero-order valence-corrected chi connectivity index (χ0v) is 11.7. The largest absolute Gasteiger partial charge is 0.327 e. The standard InChI is InChI=1S/C15H30N2/c1-3-4-13-5-7-15(8-6-13)17-10-12(2)9-14(16)11-17/h12-15H,3-11,16H2,1-2H3. The molecule has 0 aromatic rings. The Morgan fingerprint density at radius 2 is 1.82 bits per heavy atom. The fourth-order valence-corrected chi connectivity index (χ4v) is 3.95. The van der Waals surface area contributed by atoms with Gasteiger partial charge in [0, 0.05) is 25.2 Å². The van der Waals surface area contributed by atoms with Crippen LogP contribution in [0.1, 0.15) is 58.8 Å². The zero-order chi connectivity index (χ0) is 12.3. The second kappa shape index (κ2) is 6.19. The summed E-state index contributed by atoms with van der Waals surface area (Å²) >= 11 is 0. The Balaban J connectivity index is 1.79. The van der Waals surface area contributed by atoms with E-state index in [9.17, 15) is 0 Å². The first-order valence-electron chi connectivity index (χ1n) is 7.68. The van der Waals surface area contributed by atoms with Crippen molar-refractivity contribution in [1.29, 1.82) is 0 Å². The number of hydrogen-bond acceptors (Lipinski definition) is 2. The molecule has 0 spiro atoms. The molecule has 17 heavy (non-hydrogen) atoms. The molecule has 0 aromatic carbocycles. The van der Waals surface area contributed by atoms with E-state index in [2.05, 4.69) is 18.7 Å². The van der Waals surface area contributed by atoms with Gasteiger partial charge in [0.15, 0.2) is 0 Å². The quantitative estimate of drug-likeness (QED) is 0.819. The number of piperidine rings is 1. The van der Waals surface area contributed by atoms with E-state index in [-0.39, 0.29) is 0 Å². The second-order valence-electron chi connectivity index (χ2n) is 6.52. The van der Waals surface area contributed by atoms with Crippen LogP contribution in [0.2, 0.25) is 0 Å². The third kappa shape index (κ3) is 3.69. The minimum absolute atomic E-state index is 0.423. The fraction of sp³-hybridized carbons (Fsp3) is 1.00. The Labute approximate surface area is 107 Å². The average molecular weight is 238 g/mol. The molecule has 2 nitrogen and oxygen atoms in total. The number of rotatable bonds is 3. The molecular formula is C15H30N2. The maximum atomic E-state index is 6.16. The Morgan fingerprint density at radius 3 is 2.41 bits per heavy atom. The highest BCUT2D eigenvalue weighted by Crippen LogP contribution is 2.32. The molecule has 0 amide bonds. The van der Waals surface area contributed by atoms with Crippen LogP contribution < -0.4 is 5.73 Å². The number of nitrogens with two attached hydrogens (primary N) is 1. The molecule has 1 heterocycles.